The monoisotopic (exact) mass is 242 g/mol. The fraction of sp³-hybridized carbons (Fsp3) is 0.143. The smallest absolute Gasteiger partial charge is 0.0702 e. The van der Waals surface area contributed by atoms with Crippen LogP contribution >= 0.6 is 0 Å². The van der Waals surface area contributed by atoms with E-state index in [9.17, 15) is 0 Å². The number of nitrogen functional groups attached to an aromatic ring is 1. The first-order valence-corrected chi connectivity index (χ1v) is 5.85. The summed E-state index contributed by atoms with van der Waals surface area (Å²) < 4.78 is 0. The highest BCUT2D eigenvalue weighted by Crippen LogP contribution is 2.22. The van der Waals surface area contributed by atoms with Crippen LogP contribution in [0.25, 0.3) is 11.1 Å². The summed E-state index contributed by atoms with van der Waals surface area (Å²) in [5.74, 6) is 0. The van der Waals surface area contributed by atoms with Crippen LogP contribution in [0.1, 0.15) is 0 Å². The molecule has 0 atom stereocenters. The Morgan fingerprint density at radius 3 is 1.67 bits per heavy atom. The summed E-state index contributed by atoms with van der Waals surface area (Å²) in [4.78, 5) is 0. The Morgan fingerprint density at radius 2 is 1.22 bits per heavy atom. The molecule has 94 valence electrons. The molecule has 4 nitrogen and oxygen atoms in total. The number of anilines is 2. The van der Waals surface area contributed by atoms with Gasteiger partial charge in [-0.2, -0.15) is 0 Å². The number of hydrogen-bond acceptors (Lipinski definition) is 4. The molecule has 18 heavy (non-hydrogen) atoms. The normalized spacial score (nSPS) is 10.3. The molecule has 0 aliphatic carbocycles. The third kappa shape index (κ3) is 2.61. The van der Waals surface area contributed by atoms with E-state index >= 15 is 0 Å². The number of benzene rings is 2. The van der Waals surface area contributed by atoms with Gasteiger partial charge in [0.15, 0.2) is 0 Å². The Bertz CT molecular complexity index is 486. The van der Waals surface area contributed by atoms with Crippen molar-refractivity contribution in [3.05, 3.63) is 48.5 Å². The van der Waals surface area contributed by atoms with Crippen molar-refractivity contribution in [1.82, 2.24) is 10.9 Å². The molecular formula is C14H18N4. The molecule has 0 radical (unpaired) electrons. The zero-order valence-corrected chi connectivity index (χ0v) is 10.6. The Morgan fingerprint density at radius 1 is 0.778 bits per heavy atom. The maximum Gasteiger partial charge on any atom is 0.0702 e. The fourth-order valence-electron chi connectivity index (χ4n) is 1.85. The lowest BCUT2D eigenvalue weighted by molar-refractivity contribution is 0.624. The van der Waals surface area contributed by atoms with Crippen molar-refractivity contribution in [2.75, 3.05) is 24.9 Å². The van der Waals surface area contributed by atoms with E-state index in [1.54, 1.807) is 0 Å². The molecule has 2 rings (SSSR count). The molecule has 0 fully saturated rings. The molecule has 0 heterocycles. The summed E-state index contributed by atoms with van der Waals surface area (Å²) in [6.45, 7) is 0. The largest absolute Gasteiger partial charge is 0.399 e. The third-order valence-corrected chi connectivity index (χ3v) is 2.82. The minimum atomic E-state index is 0.784. The van der Waals surface area contributed by atoms with E-state index in [1.165, 1.54) is 5.56 Å². The second-order valence-electron chi connectivity index (χ2n) is 3.95. The second kappa shape index (κ2) is 5.53. The summed E-state index contributed by atoms with van der Waals surface area (Å²) in [5, 5.41) is 1.84. The van der Waals surface area contributed by atoms with Crippen LogP contribution in [0.3, 0.4) is 0 Å². The van der Waals surface area contributed by atoms with Gasteiger partial charge >= 0.3 is 0 Å². The van der Waals surface area contributed by atoms with Gasteiger partial charge in [-0.15, -0.1) is 0 Å². The van der Waals surface area contributed by atoms with Crippen molar-refractivity contribution in [2.45, 2.75) is 0 Å². The minimum absolute atomic E-state index is 0.784. The van der Waals surface area contributed by atoms with Gasteiger partial charge in [-0.05, 0) is 35.4 Å². The zero-order chi connectivity index (χ0) is 13.0. The number of nitrogens with zero attached hydrogens (tertiary/aromatic N) is 1. The average molecular weight is 242 g/mol. The van der Waals surface area contributed by atoms with Crippen LogP contribution in [0.5, 0.6) is 0 Å². The Kier molecular flexibility index (Phi) is 3.82. The van der Waals surface area contributed by atoms with Gasteiger partial charge in [-0.3, -0.25) is 0 Å². The predicted octanol–water partition coefficient (Wildman–Crippen LogP) is 2.01. The molecule has 0 bridgehead atoms. The van der Waals surface area contributed by atoms with Gasteiger partial charge in [0, 0.05) is 19.8 Å². The first-order chi connectivity index (χ1) is 8.74. The summed E-state index contributed by atoms with van der Waals surface area (Å²) >= 11 is 0. The Labute approximate surface area is 107 Å². The Hall–Kier alpha value is -2.04. The van der Waals surface area contributed by atoms with Crippen molar-refractivity contribution < 1.29 is 0 Å². The van der Waals surface area contributed by atoms with E-state index in [0.717, 1.165) is 16.9 Å². The quantitative estimate of drug-likeness (QED) is 0.567. The van der Waals surface area contributed by atoms with Crippen LogP contribution in [0.4, 0.5) is 11.4 Å². The van der Waals surface area contributed by atoms with E-state index in [2.05, 4.69) is 35.1 Å². The molecule has 0 saturated heterocycles. The van der Waals surface area contributed by atoms with E-state index in [1.807, 2.05) is 43.5 Å². The number of nitrogens with one attached hydrogen (secondary N) is 2. The fourth-order valence-corrected chi connectivity index (χ4v) is 1.85. The molecule has 0 saturated carbocycles. The minimum Gasteiger partial charge on any atom is -0.399 e. The molecule has 0 unspecified atom stereocenters. The predicted molar refractivity (Wildman–Crippen MR) is 76.9 cm³/mol. The number of hydrazine groups is 2. The van der Waals surface area contributed by atoms with Gasteiger partial charge in [-0.1, -0.05) is 24.3 Å². The lowest BCUT2D eigenvalue weighted by atomic mass is 10.1. The molecule has 0 aromatic heterocycles. The van der Waals surface area contributed by atoms with Crippen molar-refractivity contribution in [1.29, 1.82) is 0 Å². The van der Waals surface area contributed by atoms with Crippen LogP contribution in [0.15, 0.2) is 48.5 Å². The summed E-state index contributed by atoms with van der Waals surface area (Å²) in [6.07, 6.45) is 0. The molecular weight excluding hydrogens is 224 g/mol. The van der Waals surface area contributed by atoms with Crippen molar-refractivity contribution in [3.8, 4) is 11.1 Å². The number of nitrogens with two attached hydrogens (primary N) is 1. The summed E-state index contributed by atoms with van der Waals surface area (Å²) in [5.41, 5.74) is 15.9. The van der Waals surface area contributed by atoms with Crippen molar-refractivity contribution in [3.63, 3.8) is 0 Å². The average Bonchev–Trinajstić information content (AvgIpc) is 2.42. The van der Waals surface area contributed by atoms with Gasteiger partial charge in [0.05, 0.1) is 5.69 Å². The van der Waals surface area contributed by atoms with E-state index in [4.69, 9.17) is 5.73 Å². The zero-order valence-electron chi connectivity index (χ0n) is 10.6. The SMILES string of the molecule is CNN(NC)c1ccc(-c2ccc(N)cc2)cc1. The standard InChI is InChI=1S/C14H18N4/c1-16-18(17-2)14-9-5-12(6-10-14)11-3-7-13(15)8-4-11/h3-10,16-17H,15H2,1-2H3. The number of rotatable bonds is 4. The molecule has 0 aliphatic rings. The van der Waals surface area contributed by atoms with Gasteiger partial charge in [0.1, 0.15) is 0 Å². The molecule has 0 amide bonds. The van der Waals surface area contributed by atoms with Crippen LogP contribution in [0, 0.1) is 0 Å². The van der Waals surface area contributed by atoms with Crippen molar-refractivity contribution >= 4 is 11.4 Å². The lowest BCUT2D eigenvalue weighted by Crippen LogP contribution is -2.44. The van der Waals surface area contributed by atoms with Crippen LogP contribution in [0.2, 0.25) is 0 Å². The highest BCUT2D eigenvalue weighted by molar-refractivity contribution is 5.67. The van der Waals surface area contributed by atoms with Crippen LogP contribution < -0.4 is 21.7 Å². The highest BCUT2D eigenvalue weighted by Gasteiger charge is 2.02. The lowest BCUT2D eigenvalue weighted by Gasteiger charge is -2.21. The van der Waals surface area contributed by atoms with Gasteiger partial charge in [-0.25, -0.2) is 16.0 Å². The van der Waals surface area contributed by atoms with E-state index in [-0.39, 0.29) is 0 Å². The second-order valence-corrected chi connectivity index (χ2v) is 3.95. The first-order valence-electron chi connectivity index (χ1n) is 5.85. The molecule has 4 N–H and O–H groups in total. The van der Waals surface area contributed by atoms with E-state index in [0.29, 0.717) is 0 Å². The maximum atomic E-state index is 5.68. The third-order valence-electron chi connectivity index (χ3n) is 2.82. The molecule has 2 aromatic carbocycles. The summed E-state index contributed by atoms with van der Waals surface area (Å²) in [7, 11) is 3.73. The maximum absolute atomic E-state index is 5.68. The molecule has 0 spiro atoms. The molecule has 2 aromatic rings. The summed E-state index contributed by atoms with van der Waals surface area (Å²) in [6, 6.07) is 16.2. The van der Waals surface area contributed by atoms with Gasteiger partial charge in [0.2, 0.25) is 0 Å². The molecule has 0 aliphatic heterocycles. The van der Waals surface area contributed by atoms with Crippen LogP contribution in [-0.4, -0.2) is 14.1 Å². The van der Waals surface area contributed by atoms with Crippen LogP contribution in [-0.2, 0) is 0 Å². The highest BCUT2D eigenvalue weighted by atomic mass is 15.7. The first kappa shape index (κ1) is 12.4. The molecule has 4 heteroatoms. The van der Waals surface area contributed by atoms with Crippen molar-refractivity contribution in [2.24, 2.45) is 0 Å². The van der Waals surface area contributed by atoms with E-state index < -0.39 is 0 Å². The van der Waals surface area contributed by atoms with Gasteiger partial charge < -0.3 is 5.73 Å². The topological polar surface area (TPSA) is 53.3 Å². The van der Waals surface area contributed by atoms with Gasteiger partial charge in [0.25, 0.3) is 0 Å². The Balaban J connectivity index is 2.24. The number of hydrogen-bond donors (Lipinski definition) is 3.